The fourth-order valence-corrected chi connectivity index (χ4v) is 3.90. The number of halogens is 2. The van der Waals surface area contributed by atoms with Gasteiger partial charge >= 0.3 is 0 Å². The minimum atomic E-state index is -2.63. The highest BCUT2D eigenvalue weighted by Crippen LogP contribution is 2.29. The van der Waals surface area contributed by atoms with E-state index in [9.17, 15) is 18.4 Å². The van der Waals surface area contributed by atoms with E-state index in [1.54, 1.807) is 25.1 Å². The Morgan fingerprint density at radius 1 is 1.41 bits per heavy atom. The minimum Gasteiger partial charge on any atom is -0.322 e. The molecule has 2 heterocycles. The van der Waals surface area contributed by atoms with Gasteiger partial charge in [0.1, 0.15) is 5.82 Å². The molecule has 0 radical (unpaired) electrons. The van der Waals surface area contributed by atoms with Crippen LogP contribution >= 0.6 is 11.8 Å². The maximum Gasteiger partial charge on any atom is 0.288 e. The van der Waals surface area contributed by atoms with Crippen LogP contribution in [0.15, 0.2) is 35.2 Å². The second-order valence-corrected chi connectivity index (χ2v) is 7.80. The number of alkyl halides is 2. The summed E-state index contributed by atoms with van der Waals surface area (Å²) in [4.78, 5) is 25.1. The zero-order chi connectivity index (χ0) is 21.0. The molecule has 2 unspecified atom stereocenters. The van der Waals surface area contributed by atoms with Crippen LogP contribution in [0, 0.1) is 6.92 Å². The number of anilines is 1. The first-order chi connectivity index (χ1) is 13.9. The largest absolute Gasteiger partial charge is 0.322 e. The topological polar surface area (TPSA) is 88.1 Å². The van der Waals surface area contributed by atoms with Crippen LogP contribution in [0.2, 0.25) is 0 Å². The monoisotopic (exact) mass is 423 g/mol. The van der Waals surface area contributed by atoms with E-state index in [0.29, 0.717) is 29.7 Å². The number of rotatable bonds is 7. The van der Waals surface area contributed by atoms with Gasteiger partial charge in [0.15, 0.2) is 6.29 Å². The lowest BCUT2D eigenvalue weighted by atomic mass is 10.1. The van der Waals surface area contributed by atoms with Gasteiger partial charge in [0.25, 0.3) is 11.7 Å². The van der Waals surface area contributed by atoms with E-state index in [4.69, 9.17) is 0 Å². The predicted molar refractivity (Wildman–Crippen MR) is 107 cm³/mol. The SMILES string of the molecule is CCCC1CC(=O)NC(n2nc(C)cc2NC(=O)c2ccccc2SC(F)F)N1. The smallest absolute Gasteiger partial charge is 0.288 e. The lowest BCUT2D eigenvalue weighted by Gasteiger charge is -2.32. The molecule has 10 heteroatoms. The van der Waals surface area contributed by atoms with E-state index in [-0.39, 0.29) is 22.4 Å². The zero-order valence-electron chi connectivity index (χ0n) is 16.1. The van der Waals surface area contributed by atoms with E-state index >= 15 is 0 Å². The van der Waals surface area contributed by atoms with Gasteiger partial charge in [-0.2, -0.15) is 13.9 Å². The van der Waals surface area contributed by atoms with E-state index in [1.807, 2.05) is 6.92 Å². The molecule has 1 aliphatic rings. The first-order valence-electron chi connectivity index (χ1n) is 9.34. The van der Waals surface area contributed by atoms with Crippen LogP contribution in [0.1, 0.15) is 48.5 Å². The van der Waals surface area contributed by atoms with Crippen molar-refractivity contribution in [3.05, 3.63) is 41.6 Å². The molecule has 0 aliphatic carbocycles. The summed E-state index contributed by atoms with van der Waals surface area (Å²) in [5.41, 5.74) is 0.789. The number of hydrogen-bond donors (Lipinski definition) is 3. The molecule has 2 aromatic rings. The highest BCUT2D eigenvalue weighted by Gasteiger charge is 2.28. The number of hydrogen-bond acceptors (Lipinski definition) is 5. The molecule has 0 bridgehead atoms. The molecule has 2 atom stereocenters. The van der Waals surface area contributed by atoms with Crippen molar-refractivity contribution in [2.45, 2.75) is 56.1 Å². The minimum absolute atomic E-state index is 0.00924. The van der Waals surface area contributed by atoms with Crippen molar-refractivity contribution in [1.82, 2.24) is 20.4 Å². The molecule has 156 valence electrons. The molecule has 0 saturated carbocycles. The van der Waals surface area contributed by atoms with Crippen LogP contribution in [0.3, 0.4) is 0 Å². The van der Waals surface area contributed by atoms with E-state index < -0.39 is 18.0 Å². The standard InChI is InChI=1S/C19H23F2N5O2S/c1-3-6-12-10-16(27)24-19(22-12)26-15(9-11(2)25-26)23-17(28)13-7-4-5-8-14(13)29-18(20)21/h4-5,7-9,12,18-19,22H,3,6,10H2,1-2H3,(H,23,28)(H,24,27). The van der Waals surface area contributed by atoms with Crippen LogP contribution < -0.4 is 16.0 Å². The number of benzene rings is 1. The van der Waals surface area contributed by atoms with E-state index in [1.165, 1.54) is 16.8 Å². The summed E-state index contributed by atoms with van der Waals surface area (Å²) < 4.78 is 27.1. The van der Waals surface area contributed by atoms with Gasteiger partial charge < -0.3 is 10.6 Å². The highest BCUT2D eigenvalue weighted by atomic mass is 32.2. The summed E-state index contributed by atoms with van der Waals surface area (Å²) in [6, 6.07) is 7.86. The van der Waals surface area contributed by atoms with Crippen molar-refractivity contribution in [3.63, 3.8) is 0 Å². The third-order valence-corrected chi connectivity index (χ3v) is 5.24. The van der Waals surface area contributed by atoms with Gasteiger partial charge in [0.2, 0.25) is 5.91 Å². The Morgan fingerprint density at radius 3 is 2.90 bits per heavy atom. The number of carbonyl (C=O) groups excluding carboxylic acids is 2. The zero-order valence-corrected chi connectivity index (χ0v) is 16.9. The van der Waals surface area contributed by atoms with Gasteiger partial charge in [0.05, 0.1) is 11.3 Å². The Morgan fingerprint density at radius 2 is 2.17 bits per heavy atom. The average Bonchev–Trinajstić information content (AvgIpc) is 3.01. The number of aromatic nitrogens is 2. The second-order valence-electron chi connectivity index (χ2n) is 6.77. The Kier molecular flexibility index (Phi) is 6.86. The Bertz CT molecular complexity index is 889. The van der Waals surface area contributed by atoms with E-state index in [2.05, 4.69) is 21.0 Å². The normalized spacial score (nSPS) is 19.3. The van der Waals surface area contributed by atoms with Crippen LogP contribution in [0.5, 0.6) is 0 Å². The summed E-state index contributed by atoms with van der Waals surface area (Å²) in [6.07, 6.45) is 1.54. The molecule has 7 nitrogen and oxygen atoms in total. The number of carbonyl (C=O) groups is 2. The summed E-state index contributed by atoms with van der Waals surface area (Å²) in [7, 11) is 0. The Hall–Kier alpha value is -2.46. The summed E-state index contributed by atoms with van der Waals surface area (Å²) in [6.45, 7) is 3.81. The highest BCUT2D eigenvalue weighted by molar-refractivity contribution is 7.99. The quantitative estimate of drug-likeness (QED) is 0.594. The fourth-order valence-electron chi connectivity index (χ4n) is 3.27. The van der Waals surface area contributed by atoms with Crippen LogP contribution in [0.4, 0.5) is 14.6 Å². The molecular formula is C19H23F2N5O2S. The molecule has 1 aromatic carbocycles. The second kappa shape index (κ2) is 9.36. The van der Waals surface area contributed by atoms with Gasteiger partial charge in [-0.25, -0.2) is 4.68 Å². The van der Waals surface area contributed by atoms with Crippen molar-refractivity contribution < 1.29 is 18.4 Å². The fraction of sp³-hybridized carbons (Fsp3) is 0.421. The van der Waals surface area contributed by atoms with Gasteiger partial charge in [-0.1, -0.05) is 37.2 Å². The molecule has 2 amide bonds. The Labute approximate surface area is 171 Å². The molecule has 29 heavy (non-hydrogen) atoms. The first-order valence-corrected chi connectivity index (χ1v) is 10.2. The predicted octanol–water partition coefficient (Wildman–Crippen LogP) is 3.49. The van der Waals surface area contributed by atoms with Crippen LogP contribution in [0.25, 0.3) is 0 Å². The van der Waals surface area contributed by atoms with Crippen molar-refractivity contribution >= 4 is 29.4 Å². The van der Waals surface area contributed by atoms with Gasteiger partial charge in [0, 0.05) is 23.4 Å². The van der Waals surface area contributed by atoms with Gasteiger partial charge in [-0.15, -0.1) is 0 Å². The third kappa shape index (κ3) is 5.33. The molecule has 3 rings (SSSR count). The average molecular weight is 423 g/mol. The first kappa shape index (κ1) is 21.3. The van der Waals surface area contributed by atoms with Crippen molar-refractivity contribution in [3.8, 4) is 0 Å². The van der Waals surface area contributed by atoms with Crippen molar-refractivity contribution in [2.75, 3.05) is 5.32 Å². The maximum absolute atomic E-state index is 12.8. The van der Waals surface area contributed by atoms with Crippen LogP contribution in [-0.4, -0.2) is 33.4 Å². The lowest BCUT2D eigenvalue weighted by Crippen LogP contribution is -2.53. The molecular weight excluding hydrogens is 400 g/mol. The molecule has 1 saturated heterocycles. The van der Waals surface area contributed by atoms with Gasteiger partial charge in [-0.3, -0.25) is 14.9 Å². The van der Waals surface area contributed by atoms with Crippen molar-refractivity contribution in [2.24, 2.45) is 0 Å². The molecule has 1 aromatic heterocycles. The molecule has 1 aliphatic heterocycles. The molecule has 1 fully saturated rings. The number of nitrogens with one attached hydrogen (secondary N) is 3. The van der Waals surface area contributed by atoms with E-state index in [0.717, 1.165) is 12.8 Å². The number of amides is 2. The third-order valence-electron chi connectivity index (χ3n) is 4.45. The number of nitrogens with zero attached hydrogens (tertiary/aromatic N) is 2. The summed E-state index contributed by atoms with van der Waals surface area (Å²) >= 11 is 0.322. The molecule has 3 N–H and O–H groups in total. The van der Waals surface area contributed by atoms with Crippen molar-refractivity contribution in [1.29, 1.82) is 0 Å². The van der Waals surface area contributed by atoms with Crippen LogP contribution in [-0.2, 0) is 4.79 Å². The lowest BCUT2D eigenvalue weighted by molar-refractivity contribution is -0.125. The van der Waals surface area contributed by atoms with Gasteiger partial charge in [-0.05, 0) is 25.5 Å². The number of aryl methyl sites for hydroxylation is 1. The summed E-state index contributed by atoms with van der Waals surface area (Å²) in [5.74, 6) is -2.90. The Balaban J connectivity index is 1.83. The molecule has 0 spiro atoms. The summed E-state index contributed by atoms with van der Waals surface area (Å²) in [5, 5.41) is 13.3. The maximum atomic E-state index is 12.8. The number of thioether (sulfide) groups is 1.